The summed E-state index contributed by atoms with van der Waals surface area (Å²) in [6.07, 6.45) is 0.987. The molecule has 2 aromatic heterocycles. The Morgan fingerprint density at radius 2 is 1.88 bits per heavy atom. The van der Waals surface area contributed by atoms with Crippen molar-refractivity contribution in [3.05, 3.63) is 57.4 Å². The van der Waals surface area contributed by atoms with Gasteiger partial charge in [-0.25, -0.2) is 0 Å². The van der Waals surface area contributed by atoms with E-state index in [0.717, 1.165) is 28.6 Å². The average molecular weight is 326 g/mol. The van der Waals surface area contributed by atoms with E-state index in [1.54, 1.807) is 6.07 Å². The highest BCUT2D eigenvalue weighted by molar-refractivity contribution is 6.05. The van der Waals surface area contributed by atoms with E-state index in [2.05, 4.69) is 31.8 Å². The second-order valence-electron chi connectivity index (χ2n) is 5.38. The molecule has 2 heterocycles. The van der Waals surface area contributed by atoms with Gasteiger partial charge in [0.2, 0.25) is 5.69 Å². The zero-order chi connectivity index (χ0) is 17.3. The molecule has 0 saturated heterocycles. The van der Waals surface area contributed by atoms with E-state index in [-0.39, 0.29) is 11.5 Å². The summed E-state index contributed by atoms with van der Waals surface area (Å²) in [6.45, 7) is 3.99. The summed E-state index contributed by atoms with van der Waals surface area (Å²) in [5, 5.41) is 26.0. The number of aryl methyl sites for hydroxylation is 2. The summed E-state index contributed by atoms with van der Waals surface area (Å²) in [7, 11) is 0. The van der Waals surface area contributed by atoms with E-state index in [1.807, 2.05) is 26.0 Å². The second kappa shape index (κ2) is 5.95. The first-order valence-corrected chi connectivity index (χ1v) is 7.07. The van der Waals surface area contributed by atoms with Gasteiger partial charge in [-0.3, -0.25) is 25.1 Å². The summed E-state index contributed by atoms with van der Waals surface area (Å²) in [4.78, 5) is 22.3. The van der Waals surface area contributed by atoms with E-state index in [9.17, 15) is 14.9 Å². The van der Waals surface area contributed by atoms with Gasteiger partial charge in [0.05, 0.1) is 10.6 Å². The molecule has 0 aliphatic rings. The first kappa shape index (κ1) is 15.4. The van der Waals surface area contributed by atoms with Gasteiger partial charge in [-0.1, -0.05) is 17.2 Å². The average Bonchev–Trinajstić information content (AvgIpc) is 3.15. The SMILES string of the molecule is Cc1cc(C)cc(-c2cc(NC(=O)c3[nH]ncc3[N+](=O)[O-])n[nH]2)c1. The Kier molecular flexibility index (Phi) is 3.82. The van der Waals surface area contributed by atoms with Crippen LogP contribution in [-0.2, 0) is 0 Å². The molecule has 0 bridgehead atoms. The number of anilines is 1. The maximum absolute atomic E-state index is 12.1. The Hall–Kier alpha value is -3.49. The minimum absolute atomic E-state index is 0.226. The van der Waals surface area contributed by atoms with Gasteiger partial charge in [0, 0.05) is 11.6 Å². The van der Waals surface area contributed by atoms with Crippen molar-refractivity contribution in [1.29, 1.82) is 0 Å². The molecule has 0 aliphatic heterocycles. The molecular formula is C15H14N6O3. The predicted molar refractivity (Wildman–Crippen MR) is 86.7 cm³/mol. The zero-order valence-electron chi connectivity index (χ0n) is 13.0. The van der Waals surface area contributed by atoms with E-state index in [4.69, 9.17) is 0 Å². The van der Waals surface area contributed by atoms with Crippen LogP contribution in [0, 0.1) is 24.0 Å². The van der Waals surface area contributed by atoms with E-state index in [1.165, 1.54) is 0 Å². The van der Waals surface area contributed by atoms with Gasteiger partial charge in [-0.15, -0.1) is 0 Å². The third-order valence-corrected chi connectivity index (χ3v) is 3.40. The summed E-state index contributed by atoms with van der Waals surface area (Å²) in [5.41, 5.74) is 3.27. The minimum Gasteiger partial charge on any atom is -0.304 e. The number of aromatic nitrogens is 4. The van der Waals surface area contributed by atoms with Crippen LogP contribution in [0.2, 0.25) is 0 Å². The highest BCUT2D eigenvalue weighted by atomic mass is 16.6. The number of carbonyl (C=O) groups excluding carboxylic acids is 1. The van der Waals surface area contributed by atoms with Crippen LogP contribution in [0.5, 0.6) is 0 Å². The molecule has 1 aromatic carbocycles. The number of nitrogens with one attached hydrogen (secondary N) is 3. The van der Waals surface area contributed by atoms with Gasteiger partial charge in [0.15, 0.2) is 5.82 Å². The molecule has 0 saturated carbocycles. The number of nitro groups is 1. The van der Waals surface area contributed by atoms with Gasteiger partial charge in [-0.05, 0) is 26.0 Å². The fraction of sp³-hybridized carbons (Fsp3) is 0.133. The Bertz CT molecular complexity index is 907. The van der Waals surface area contributed by atoms with Gasteiger partial charge in [-0.2, -0.15) is 10.2 Å². The standard InChI is InChI=1S/C15H14N6O3/c1-8-3-9(2)5-10(4-8)11-6-13(19-18-11)17-15(22)14-12(21(23)24)7-16-20-14/h3-7H,1-2H3,(H,16,20)(H2,17,18,19,22). The number of rotatable bonds is 4. The van der Waals surface area contributed by atoms with Crippen LogP contribution >= 0.6 is 0 Å². The van der Waals surface area contributed by atoms with Crippen molar-refractivity contribution in [2.45, 2.75) is 13.8 Å². The van der Waals surface area contributed by atoms with Crippen molar-refractivity contribution in [2.24, 2.45) is 0 Å². The normalized spacial score (nSPS) is 10.6. The number of carbonyl (C=O) groups is 1. The number of nitrogens with zero attached hydrogens (tertiary/aromatic N) is 3. The molecule has 9 nitrogen and oxygen atoms in total. The quantitative estimate of drug-likeness (QED) is 0.501. The van der Waals surface area contributed by atoms with E-state index < -0.39 is 16.5 Å². The maximum atomic E-state index is 12.1. The summed E-state index contributed by atoms with van der Waals surface area (Å²) in [5.74, 6) is -0.421. The zero-order valence-corrected chi connectivity index (χ0v) is 13.0. The summed E-state index contributed by atoms with van der Waals surface area (Å²) >= 11 is 0. The van der Waals surface area contributed by atoms with Crippen LogP contribution < -0.4 is 5.32 Å². The fourth-order valence-electron chi connectivity index (χ4n) is 2.43. The van der Waals surface area contributed by atoms with Crippen LogP contribution in [0.25, 0.3) is 11.3 Å². The summed E-state index contributed by atoms with van der Waals surface area (Å²) < 4.78 is 0. The Labute approximate surface area is 136 Å². The fourth-order valence-corrected chi connectivity index (χ4v) is 2.43. The molecule has 9 heteroatoms. The minimum atomic E-state index is -0.683. The number of benzene rings is 1. The Balaban J connectivity index is 1.82. The number of amides is 1. The molecule has 1 amide bonds. The molecule has 0 aliphatic carbocycles. The first-order valence-electron chi connectivity index (χ1n) is 7.07. The molecule has 0 spiro atoms. The van der Waals surface area contributed by atoms with Crippen molar-refractivity contribution in [1.82, 2.24) is 20.4 Å². The van der Waals surface area contributed by atoms with Gasteiger partial charge >= 0.3 is 5.69 Å². The predicted octanol–water partition coefficient (Wildman–Crippen LogP) is 2.58. The van der Waals surface area contributed by atoms with E-state index >= 15 is 0 Å². The number of hydrogen-bond acceptors (Lipinski definition) is 5. The van der Waals surface area contributed by atoms with Crippen LogP contribution in [-0.4, -0.2) is 31.2 Å². The molecule has 0 unspecified atom stereocenters. The Morgan fingerprint density at radius 3 is 2.54 bits per heavy atom. The molecule has 3 rings (SSSR count). The van der Waals surface area contributed by atoms with Crippen LogP contribution in [0.4, 0.5) is 11.5 Å². The van der Waals surface area contributed by atoms with E-state index in [0.29, 0.717) is 0 Å². The van der Waals surface area contributed by atoms with Crippen molar-refractivity contribution in [2.75, 3.05) is 5.32 Å². The van der Waals surface area contributed by atoms with Gasteiger partial charge in [0.25, 0.3) is 5.91 Å². The van der Waals surface area contributed by atoms with Crippen molar-refractivity contribution in [3.63, 3.8) is 0 Å². The third-order valence-electron chi connectivity index (χ3n) is 3.40. The van der Waals surface area contributed by atoms with Crippen molar-refractivity contribution >= 4 is 17.4 Å². The second-order valence-corrected chi connectivity index (χ2v) is 5.38. The monoisotopic (exact) mass is 326 g/mol. The molecule has 0 atom stereocenters. The molecule has 122 valence electrons. The maximum Gasteiger partial charge on any atom is 0.319 e. The number of H-pyrrole nitrogens is 2. The highest BCUT2D eigenvalue weighted by Crippen LogP contribution is 2.23. The van der Waals surface area contributed by atoms with Crippen LogP contribution in [0.1, 0.15) is 21.6 Å². The van der Waals surface area contributed by atoms with Crippen LogP contribution in [0.15, 0.2) is 30.5 Å². The molecule has 0 fully saturated rings. The molecule has 3 aromatic rings. The van der Waals surface area contributed by atoms with Crippen LogP contribution in [0.3, 0.4) is 0 Å². The first-order chi connectivity index (χ1) is 11.4. The lowest BCUT2D eigenvalue weighted by molar-refractivity contribution is -0.385. The highest BCUT2D eigenvalue weighted by Gasteiger charge is 2.23. The Morgan fingerprint density at radius 1 is 1.17 bits per heavy atom. The van der Waals surface area contributed by atoms with Crippen molar-refractivity contribution in [3.8, 4) is 11.3 Å². The lowest BCUT2D eigenvalue weighted by Gasteiger charge is -2.02. The number of aromatic amines is 2. The lowest BCUT2D eigenvalue weighted by Crippen LogP contribution is -2.14. The third kappa shape index (κ3) is 3.00. The molecule has 3 N–H and O–H groups in total. The smallest absolute Gasteiger partial charge is 0.304 e. The molecule has 0 radical (unpaired) electrons. The topological polar surface area (TPSA) is 130 Å². The largest absolute Gasteiger partial charge is 0.319 e. The lowest BCUT2D eigenvalue weighted by atomic mass is 10.1. The summed E-state index contributed by atoms with van der Waals surface area (Å²) in [6, 6.07) is 7.70. The van der Waals surface area contributed by atoms with Crippen molar-refractivity contribution < 1.29 is 9.72 Å². The van der Waals surface area contributed by atoms with Gasteiger partial charge < -0.3 is 5.32 Å². The number of hydrogen-bond donors (Lipinski definition) is 3. The molecular weight excluding hydrogens is 312 g/mol. The van der Waals surface area contributed by atoms with Gasteiger partial charge in [0.1, 0.15) is 6.20 Å². The molecule has 24 heavy (non-hydrogen) atoms.